The van der Waals surface area contributed by atoms with Crippen LogP contribution in [-0.2, 0) is 82.4 Å². The Bertz CT molecular complexity index is 2620. The van der Waals surface area contributed by atoms with E-state index >= 15 is 4.79 Å². The number of ketones is 2. The maximum atomic E-state index is 15.1. The molecule has 26 nitrogen and oxygen atoms in total. The van der Waals surface area contributed by atoms with Crippen molar-refractivity contribution in [3.8, 4) is 17.2 Å². The van der Waals surface area contributed by atoms with Crippen LogP contribution in [0, 0.1) is 12.8 Å². The molecule has 0 radical (unpaired) electrons. The van der Waals surface area contributed by atoms with Crippen LogP contribution in [0.25, 0.3) is 10.8 Å². The van der Waals surface area contributed by atoms with Crippen LogP contribution in [0.15, 0.2) is 12.1 Å². The largest absolute Gasteiger partial charge is 0.507 e. The van der Waals surface area contributed by atoms with Crippen LogP contribution in [-0.4, -0.2) is 225 Å². The molecular formula is C57H82O26. The molecule has 6 aliphatic rings. The molecule has 8 N–H and O–H groups in total. The minimum absolute atomic E-state index is 0.0251. The van der Waals surface area contributed by atoms with Crippen molar-refractivity contribution in [2.75, 3.05) is 14.2 Å². The Hall–Kier alpha value is -4.30. The number of Topliss-reactive ketones (excluding diaryl/α,β-unsaturated/α-hetero) is 2. The molecule has 466 valence electrons. The van der Waals surface area contributed by atoms with Gasteiger partial charge in [-0.15, -0.1) is 0 Å². The van der Waals surface area contributed by atoms with Gasteiger partial charge in [0.15, 0.2) is 48.9 Å². The van der Waals surface area contributed by atoms with E-state index in [1.165, 1.54) is 67.9 Å². The van der Waals surface area contributed by atoms with Crippen LogP contribution < -0.4 is 4.74 Å². The highest BCUT2D eigenvalue weighted by molar-refractivity contribution is 6.11. The van der Waals surface area contributed by atoms with E-state index in [1.807, 2.05) is 0 Å². The first-order chi connectivity index (χ1) is 39.0. The van der Waals surface area contributed by atoms with Crippen LogP contribution in [0.5, 0.6) is 17.2 Å². The second-order valence-electron chi connectivity index (χ2n) is 23.1. The summed E-state index contributed by atoms with van der Waals surface area (Å²) in [6.07, 6.45) is -25.9. The standard InChI is InChI=1S/C57H82O26/c1-21-34(79-40-19-37(53(26(6)75-40)77-28(8)59)82-38-16-33(61)52(70-11)25(5)74-38)15-31-13-30-14-32(54(71-12)51(68)46(63)22(2)58)55(50(67)44(30)49(66)43(31)45(21)62)83-41-18-35(47(64)24(4)73-41)80-39-17-36(48(65)23(3)72-39)81-42-20-57(10,69)56(27(7)76-42)78-29(9)60/h13,15,22-27,32-33,35-42,46-48,52-56,58,61-66,69H,14,16-20H2,1-12H3/t22-,23-,24-,25-,26-,27-,32+,33-,35-,36-,37-,38+,39?,40+,41+,42+,46+,47-,48+,52-,53-,54+,55+,56-,57+/m1/s1. The Morgan fingerprint density at radius 1 is 0.687 bits per heavy atom. The van der Waals surface area contributed by atoms with E-state index in [9.17, 15) is 55.2 Å². The molecule has 5 saturated heterocycles. The number of esters is 2. The quantitative estimate of drug-likeness (QED) is 0.0982. The Morgan fingerprint density at radius 3 is 1.78 bits per heavy atom. The number of rotatable bonds is 18. The molecule has 0 amide bonds. The van der Waals surface area contributed by atoms with E-state index in [1.54, 1.807) is 27.7 Å². The van der Waals surface area contributed by atoms with Gasteiger partial charge in [0.25, 0.3) is 0 Å². The molecular weight excluding hydrogens is 1100 g/mol. The first-order valence-electron chi connectivity index (χ1n) is 28.2. The van der Waals surface area contributed by atoms with E-state index in [0.29, 0.717) is 0 Å². The molecule has 5 fully saturated rings. The number of benzene rings is 2. The Morgan fingerprint density at radius 2 is 1.22 bits per heavy atom. The molecule has 1 aliphatic carbocycles. The lowest BCUT2D eigenvalue weighted by molar-refractivity contribution is -0.334. The van der Waals surface area contributed by atoms with Gasteiger partial charge >= 0.3 is 11.9 Å². The van der Waals surface area contributed by atoms with Crippen molar-refractivity contribution in [3.05, 3.63) is 28.8 Å². The lowest BCUT2D eigenvalue weighted by atomic mass is 9.75. The van der Waals surface area contributed by atoms with Crippen molar-refractivity contribution in [2.45, 2.75) is 255 Å². The van der Waals surface area contributed by atoms with E-state index in [4.69, 9.17) is 66.3 Å². The van der Waals surface area contributed by atoms with E-state index < -0.39 is 188 Å². The Balaban J connectivity index is 1.04. The third kappa shape index (κ3) is 13.9. The van der Waals surface area contributed by atoms with Crippen molar-refractivity contribution in [1.29, 1.82) is 0 Å². The van der Waals surface area contributed by atoms with Gasteiger partial charge in [-0.3, -0.25) is 19.2 Å². The lowest BCUT2D eigenvalue weighted by Gasteiger charge is -2.46. The summed E-state index contributed by atoms with van der Waals surface area (Å²) in [5.41, 5.74) is -1.51. The van der Waals surface area contributed by atoms with Gasteiger partial charge in [-0.05, 0) is 84.9 Å². The zero-order chi connectivity index (χ0) is 60.8. The summed E-state index contributed by atoms with van der Waals surface area (Å²) in [6, 6.07) is 3.04. The number of fused-ring (bicyclic) bond motifs is 2. The maximum absolute atomic E-state index is 15.1. The third-order valence-corrected chi connectivity index (χ3v) is 16.6. The van der Waals surface area contributed by atoms with Crippen LogP contribution >= 0.6 is 0 Å². The predicted octanol–water partition coefficient (Wildman–Crippen LogP) is 1.55. The number of phenols is 2. The van der Waals surface area contributed by atoms with Gasteiger partial charge in [-0.2, -0.15) is 0 Å². The molecule has 0 aromatic heterocycles. The summed E-state index contributed by atoms with van der Waals surface area (Å²) in [5.74, 6) is -5.32. The highest BCUT2D eigenvalue weighted by Crippen LogP contribution is 2.48. The third-order valence-electron chi connectivity index (χ3n) is 16.6. The topological polar surface area (TPSA) is 359 Å². The van der Waals surface area contributed by atoms with Crippen LogP contribution in [0.3, 0.4) is 0 Å². The normalized spacial score (nSPS) is 39.7. The summed E-state index contributed by atoms with van der Waals surface area (Å²) in [7, 11) is 2.64. The van der Waals surface area contributed by atoms with Crippen molar-refractivity contribution in [2.24, 2.45) is 5.92 Å². The molecule has 0 saturated carbocycles. The van der Waals surface area contributed by atoms with Crippen LogP contribution in [0.1, 0.15) is 116 Å². The maximum Gasteiger partial charge on any atom is 0.303 e. The lowest BCUT2D eigenvalue weighted by Crippen LogP contribution is -2.59. The number of hydrogen-bond donors (Lipinski definition) is 8. The number of ether oxygens (including phenoxy) is 14. The number of hydrogen-bond acceptors (Lipinski definition) is 26. The monoisotopic (exact) mass is 1180 g/mol. The molecule has 8 rings (SSSR count). The Labute approximate surface area is 480 Å². The number of aliphatic hydroxyl groups excluding tert-OH is 5. The van der Waals surface area contributed by atoms with Gasteiger partial charge in [-0.25, -0.2) is 0 Å². The molecule has 26 heteroatoms. The van der Waals surface area contributed by atoms with E-state index in [0.717, 1.165) is 0 Å². The van der Waals surface area contributed by atoms with Gasteiger partial charge in [-0.1, -0.05) is 0 Å². The first-order valence-corrected chi connectivity index (χ1v) is 28.2. The fourth-order valence-electron chi connectivity index (χ4n) is 12.4. The van der Waals surface area contributed by atoms with Gasteiger partial charge in [0.1, 0.15) is 65.6 Å². The molecule has 2 aromatic carbocycles. The molecule has 0 spiro atoms. The molecule has 83 heavy (non-hydrogen) atoms. The number of carbonyl (C=O) groups is 4. The predicted molar refractivity (Wildman–Crippen MR) is 282 cm³/mol. The summed E-state index contributed by atoms with van der Waals surface area (Å²) in [5, 5.41) is 90.1. The second kappa shape index (κ2) is 26.4. The number of aromatic hydroxyl groups is 2. The van der Waals surface area contributed by atoms with Crippen molar-refractivity contribution >= 4 is 34.3 Å². The molecule has 2 aromatic rings. The van der Waals surface area contributed by atoms with Crippen LogP contribution in [0.4, 0.5) is 0 Å². The molecule has 5 heterocycles. The average molecular weight is 1180 g/mol. The van der Waals surface area contributed by atoms with Gasteiger partial charge in [0.05, 0.1) is 65.9 Å². The highest BCUT2D eigenvalue weighted by Gasteiger charge is 2.52. The number of carbonyl (C=O) groups excluding carboxylic acids is 4. The molecule has 1 unspecified atom stereocenters. The molecule has 5 aliphatic heterocycles. The minimum atomic E-state index is -1.96. The summed E-state index contributed by atoms with van der Waals surface area (Å²) >= 11 is 0. The zero-order valence-electron chi connectivity index (χ0n) is 48.7. The number of phenolic OH excluding ortho intramolecular Hbond substituents is 2. The number of aliphatic hydroxyl groups is 6. The average Bonchev–Trinajstić information content (AvgIpc) is 3.47. The van der Waals surface area contributed by atoms with Crippen molar-refractivity contribution in [3.63, 3.8) is 0 Å². The Kier molecular flexibility index (Phi) is 20.5. The van der Waals surface area contributed by atoms with Crippen molar-refractivity contribution < 1.29 is 126 Å². The van der Waals surface area contributed by atoms with Crippen LogP contribution in [0.2, 0.25) is 0 Å². The smallest absolute Gasteiger partial charge is 0.303 e. The molecule has 25 atom stereocenters. The summed E-state index contributed by atoms with van der Waals surface area (Å²) < 4.78 is 84.2. The van der Waals surface area contributed by atoms with Gasteiger partial charge in [0.2, 0.25) is 6.29 Å². The van der Waals surface area contributed by atoms with Gasteiger partial charge in [0, 0.05) is 71.7 Å². The number of methoxy groups -OCH3 is 2. The summed E-state index contributed by atoms with van der Waals surface area (Å²) in [6.45, 7) is 14.8. The fourth-order valence-corrected chi connectivity index (χ4v) is 12.4. The van der Waals surface area contributed by atoms with E-state index in [2.05, 4.69) is 0 Å². The molecule has 0 bridgehead atoms. The van der Waals surface area contributed by atoms with Crippen molar-refractivity contribution in [1.82, 2.24) is 0 Å². The minimum Gasteiger partial charge on any atom is -0.507 e. The van der Waals surface area contributed by atoms with Gasteiger partial charge < -0.3 is 107 Å². The SMILES string of the molecule is CO[C@H]1[C@H](O)C[C@H](O[C@@H]2C[C@H](Oc3cc4cc5c(c(O)c4c(O)c3C)C(=O)[C@@H](O[C@H]3C[C@@H](OC4C[C@@H](O[C@H]6C[C@](C)(O)[C@H](OC(C)=O)[C@@H](C)O6)[C@@H](O)[C@@H](C)O4)[C@H](O)[C@@H](C)O3)[C@H]([C@H](OC)C(=O)[C@@H](O)[C@@H](C)O)C5)O[C@H](C)[C@H]2OC(C)=O)O[C@@H]1C. The fraction of sp³-hybridized carbons (Fsp3) is 0.754. The summed E-state index contributed by atoms with van der Waals surface area (Å²) in [4.78, 5) is 53.2. The second-order valence-corrected chi connectivity index (χ2v) is 23.1. The highest BCUT2D eigenvalue weighted by atomic mass is 16.7. The van der Waals surface area contributed by atoms with E-state index in [-0.39, 0.29) is 71.7 Å². The zero-order valence-corrected chi connectivity index (χ0v) is 48.7. The first kappa shape index (κ1) is 64.7.